The largest absolute Gasteiger partial charge is 0.480 e. The number of hydrogen-bond donors (Lipinski definition) is 3. The van der Waals surface area contributed by atoms with Gasteiger partial charge in [-0.15, -0.1) is 0 Å². The molecule has 0 heterocycles. The fraction of sp³-hybridized carbons (Fsp3) is 0.818. The average molecular weight is 230 g/mol. The van der Waals surface area contributed by atoms with Gasteiger partial charge in [0.1, 0.15) is 5.54 Å². The summed E-state index contributed by atoms with van der Waals surface area (Å²) in [5.41, 5.74) is 3.72. The molecule has 0 radical (unpaired) electrons. The van der Waals surface area contributed by atoms with Crippen LogP contribution in [0.3, 0.4) is 0 Å². The van der Waals surface area contributed by atoms with Crippen molar-refractivity contribution in [1.29, 1.82) is 0 Å². The van der Waals surface area contributed by atoms with Crippen LogP contribution in [-0.2, 0) is 4.79 Å². The summed E-state index contributed by atoms with van der Waals surface area (Å²) in [6.45, 7) is 3.61. The number of carboxylic acids is 1. The Kier molecular flexibility index (Phi) is 6.53. The van der Waals surface area contributed by atoms with E-state index in [-0.39, 0.29) is 0 Å². The number of primary amides is 1. The molecule has 0 spiro atoms. The molecule has 0 aliphatic carbocycles. The summed E-state index contributed by atoms with van der Waals surface area (Å²) in [4.78, 5) is 21.7. The van der Waals surface area contributed by atoms with E-state index < -0.39 is 17.5 Å². The highest BCUT2D eigenvalue weighted by Gasteiger charge is 2.33. The van der Waals surface area contributed by atoms with Crippen LogP contribution in [0.5, 0.6) is 0 Å². The SMILES string of the molecule is CCCCCCC[C@](C)(NC(N)=O)C(=O)O. The van der Waals surface area contributed by atoms with Gasteiger partial charge in [0.2, 0.25) is 0 Å². The lowest BCUT2D eigenvalue weighted by Gasteiger charge is -2.25. The van der Waals surface area contributed by atoms with Gasteiger partial charge in [0, 0.05) is 0 Å². The van der Waals surface area contributed by atoms with Gasteiger partial charge in [0.15, 0.2) is 0 Å². The van der Waals surface area contributed by atoms with Crippen LogP contribution in [0.1, 0.15) is 52.4 Å². The van der Waals surface area contributed by atoms with Crippen LogP contribution in [-0.4, -0.2) is 22.6 Å². The van der Waals surface area contributed by atoms with Gasteiger partial charge in [-0.3, -0.25) is 0 Å². The number of hydrogen-bond acceptors (Lipinski definition) is 2. The molecule has 0 aromatic heterocycles. The van der Waals surface area contributed by atoms with Crippen LogP contribution in [0, 0.1) is 0 Å². The molecule has 94 valence electrons. The Morgan fingerprint density at radius 3 is 2.25 bits per heavy atom. The lowest BCUT2D eigenvalue weighted by molar-refractivity contribution is -0.144. The molecule has 0 bridgehead atoms. The zero-order valence-electron chi connectivity index (χ0n) is 10.1. The minimum atomic E-state index is -1.24. The average Bonchev–Trinajstić information content (AvgIpc) is 2.16. The van der Waals surface area contributed by atoms with E-state index in [2.05, 4.69) is 12.2 Å². The van der Waals surface area contributed by atoms with Crippen LogP contribution in [0.2, 0.25) is 0 Å². The van der Waals surface area contributed by atoms with Crippen molar-refractivity contribution in [1.82, 2.24) is 5.32 Å². The molecular weight excluding hydrogens is 208 g/mol. The van der Waals surface area contributed by atoms with Crippen LogP contribution < -0.4 is 11.1 Å². The normalized spacial score (nSPS) is 14.1. The molecule has 0 rings (SSSR count). The molecule has 0 unspecified atom stereocenters. The molecule has 1 atom stereocenters. The van der Waals surface area contributed by atoms with Gasteiger partial charge in [-0.2, -0.15) is 0 Å². The maximum absolute atomic E-state index is 11.0. The number of unbranched alkanes of at least 4 members (excludes halogenated alkanes) is 4. The van der Waals surface area contributed by atoms with Crippen LogP contribution >= 0.6 is 0 Å². The number of amides is 2. The molecule has 0 aliphatic rings. The first-order valence-electron chi connectivity index (χ1n) is 5.73. The molecule has 4 N–H and O–H groups in total. The highest BCUT2D eigenvalue weighted by atomic mass is 16.4. The number of carbonyl (C=O) groups excluding carboxylic acids is 1. The van der Waals surface area contributed by atoms with Gasteiger partial charge in [-0.25, -0.2) is 9.59 Å². The second-order valence-electron chi connectivity index (χ2n) is 4.29. The lowest BCUT2D eigenvalue weighted by Crippen LogP contribution is -2.53. The van der Waals surface area contributed by atoms with Gasteiger partial charge < -0.3 is 16.2 Å². The van der Waals surface area contributed by atoms with Crippen LogP contribution in [0.4, 0.5) is 4.79 Å². The Hall–Kier alpha value is -1.26. The number of rotatable bonds is 8. The molecule has 0 aromatic rings. The molecule has 5 heteroatoms. The van der Waals surface area contributed by atoms with Crippen LogP contribution in [0.25, 0.3) is 0 Å². The van der Waals surface area contributed by atoms with Crippen molar-refractivity contribution in [3.8, 4) is 0 Å². The van der Waals surface area contributed by atoms with Crippen molar-refractivity contribution >= 4 is 12.0 Å². The summed E-state index contributed by atoms with van der Waals surface area (Å²) in [5, 5.41) is 11.3. The molecule has 2 amide bonds. The Morgan fingerprint density at radius 1 is 1.25 bits per heavy atom. The zero-order valence-corrected chi connectivity index (χ0v) is 10.1. The van der Waals surface area contributed by atoms with E-state index in [0.29, 0.717) is 6.42 Å². The summed E-state index contributed by atoms with van der Waals surface area (Å²) in [6.07, 6.45) is 5.58. The number of carboxylic acid groups (broad SMARTS) is 1. The van der Waals surface area contributed by atoms with Crippen molar-refractivity contribution in [2.45, 2.75) is 57.9 Å². The van der Waals surface area contributed by atoms with E-state index in [9.17, 15) is 9.59 Å². The molecule has 0 saturated carbocycles. The third-order valence-electron chi connectivity index (χ3n) is 2.65. The van der Waals surface area contributed by atoms with Crippen molar-refractivity contribution in [3.05, 3.63) is 0 Å². The Morgan fingerprint density at radius 2 is 1.81 bits per heavy atom. The van der Waals surface area contributed by atoms with Gasteiger partial charge >= 0.3 is 12.0 Å². The quantitative estimate of drug-likeness (QED) is 0.556. The van der Waals surface area contributed by atoms with Gasteiger partial charge in [-0.05, 0) is 13.3 Å². The highest BCUT2D eigenvalue weighted by molar-refractivity contribution is 5.85. The van der Waals surface area contributed by atoms with Gasteiger partial charge in [-0.1, -0.05) is 39.0 Å². The third kappa shape index (κ3) is 5.58. The number of nitrogens with one attached hydrogen (secondary N) is 1. The summed E-state index contributed by atoms with van der Waals surface area (Å²) < 4.78 is 0. The van der Waals surface area contributed by atoms with Crippen molar-refractivity contribution in [2.24, 2.45) is 5.73 Å². The zero-order chi connectivity index (χ0) is 12.6. The standard InChI is InChI=1S/C11H22N2O3/c1-3-4-5-6-7-8-11(2,9(14)15)13-10(12)16/h3-8H2,1-2H3,(H,14,15)(H3,12,13,16)/t11-/m0/s1. The first kappa shape index (κ1) is 14.7. The number of urea groups is 1. The smallest absolute Gasteiger partial charge is 0.329 e. The topological polar surface area (TPSA) is 92.4 Å². The number of nitrogens with two attached hydrogens (primary N) is 1. The fourth-order valence-corrected chi connectivity index (χ4v) is 1.58. The molecule has 16 heavy (non-hydrogen) atoms. The van der Waals surface area contributed by atoms with E-state index >= 15 is 0 Å². The monoisotopic (exact) mass is 230 g/mol. The minimum absolute atomic E-state index is 0.412. The summed E-state index contributed by atoms with van der Waals surface area (Å²) in [5.74, 6) is -1.04. The first-order chi connectivity index (χ1) is 7.42. The summed E-state index contributed by atoms with van der Waals surface area (Å²) >= 11 is 0. The molecule has 5 nitrogen and oxygen atoms in total. The predicted octanol–water partition coefficient (Wildman–Crippen LogP) is 1.86. The Bertz CT molecular complexity index is 243. The second kappa shape index (κ2) is 7.09. The Balaban J connectivity index is 4.03. The van der Waals surface area contributed by atoms with E-state index in [1.54, 1.807) is 0 Å². The van der Waals surface area contributed by atoms with E-state index in [0.717, 1.165) is 32.1 Å². The van der Waals surface area contributed by atoms with Crippen LogP contribution in [0.15, 0.2) is 0 Å². The van der Waals surface area contributed by atoms with E-state index in [1.165, 1.54) is 6.92 Å². The molecule has 0 saturated heterocycles. The maximum Gasteiger partial charge on any atom is 0.329 e. The van der Waals surface area contributed by atoms with Crippen molar-refractivity contribution in [3.63, 3.8) is 0 Å². The molecule has 0 fully saturated rings. The Labute approximate surface area is 96.4 Å². The second-order valence-corrected chi connectivity index (χ2v) is 4.29. The third-order valence-corrected chi connectivity index (χ3v) is 2.65. The number of aliphatic carboxylic acids is 1. The molecule has 0 aliphatic heterocycles. The van der Waals surface area contributed by atoms with E-state index in [4.69, 9.17) is 10.8 Å². The maximum atomic E-state index is 11.0. The van der Waals surface area contributed by atoms with E-state index in [1.807, 2.05) is 0 Å². The summed E-state index contributed by atoms with van der Waals surface area (Å²) in [6, 6.07) is -0.793. The number of carbonyl (C=O) groups is 2. The lowest BCUT2D eigenvalue weighted by atomic mass is 9.94. The molecule has 0 aromatic carbocycles. The van der Waals surface area contributed by atoms with Crippen molar-refractivity contribution < 1.29 is 14.7 Å². The molecular formula is C11H22N2O3. The first-order valence-corrected chi connectivity index (χ1v) is 5.73. The highest BCUT2D eigenvalue weighted by Crippen LogP contribution is 2.16. The predicted molar refractivity (Wildman–Crippen MR) is 62.1 cm³/mol. The fourth-order valence-electron chi connectivity index (χ4n) is 1.58. The minimum Gasteiger partial charge on any atom is -0.480 e. The van der Waals surface area contributed by atoms with Gasteiger partial charge in [0.05, 0.1) is 0 Å². The summed E-state index contributed by atoms with van der Waals surface area (Å²) in [7, 11) is 0. The van der Waals surface area contributed by atoms with Gasteiger partial charge in [0.25, 0.3) is 0 Å². The van der Waals surface area contributed by atoms with Crippen molar-refractivity contribution in [2.75, 3.05) is 0 Å².